The second kappa shape index (κ2) is 8.10. The van der Waals surface area contributed by atoms with Crippen LogP contribution in [0, 0.1) is 0 Å². The number of likely N-dealkylation sites (N-methyl/N-ethyl adjacent to an activating group) is 1. The molecular formula is C11H23N3O2. The minimum absolute atomic E-state index is 0.0337. The third-order valence-electron chi connectivity index (χ3n) is 2.26. The van der Waals surface area contributed by atoms with Gasteiger partial charge in [-0.15, -0.1) is 0 Å². The summed E-state index contributed by atoms with van der Waals surface area (Å²) in [7, 11) is 5.21. The maximum absolute atomic E-state index is 11.8. The van der Waals surface area contributed by atoms with Crippen molar-refractivity contribution < 1.29 is 9.59 Å². The summed E-state index contributed by atoms with van der Waals surface area (Å²) >= 11 is 0. The number of carbonyl (C=O) groups is 2. The van der Waals surface area contributed by atoms with Crippen LogP contribution in [0.1, 0.15) is 19.8 Å². The summed E-state index contributed by atoms with van der Waals surface area (Å²) in [6, 6.07) is 0. The molecule has 5 nitrogen and oxygen atoms in total. The molecule has 0 aliphatic carbocycles. The van der Waals surface area contributed by atoms with E-state index < -0.39 is 0 Å². The summed E-state index contributed by atoms with van der Waals surface area (Å²) < 4.78 is 0. The lowest BCUT2D eigenvalue weighted by molar-refractivity contribution is -0.139. The maximum Gasteiger partial charge on any atom is 0.241 e. The predicted octanol–water partition coefficient (Wildman–Crippen LogP) is -0.0773. The normalized spacial score (nSPS) is 10.0. The number of carbonyl (C=O) groups excluding carboxylic acids is 2. The van der Waals surface area contributed by atoms with Gasteiger partial charge in [-0.2, -0.15) is 0 Å². The number of hydrogen-bond donors (Lipinski definition) is 1. The van der Waals surface area contributed by atoms with Gasteiger partial charge in [0.15, 0.2) is 0 Å². The molecule has 0 aromatic heterocycles. The summed E-state index contributed by atoms with van der Waals surface area (Å²) in [5.41, 5.74) is 0. The smallest absolute Gasteiger partial charge is 0.241 e. The molecule has 0 radical (unpaired) electrons. The van der Waals surface area contributed by atoms with E-state index in [0.717, 1.165) is 6.42 Å². The fourth-order valence-corrected chi connectivity index (χ4v) is 1.26. The molecule has 94 valence electrons. The zero-order valence-corrected chi connectivity index (χ0v) is 10.7. The quantitative estimate of drug-likeness (QED) is 0.664. The first-order chi connectivity index (χ1) is 7.52. The molecule has 0 aliphatic heterocycles. The van der Waals surface area contributed by atoms with Gasteiger partial charge in [-0.3, -0.25) is 9.59 Å². The molecule has 0 atom stereocenters. The van der Waals surface area contributed by atoms with Crippen LogP contribution in [0.25, 0.3) is 0 Å². The van der Waals surface area contributed by atoms with Gasteiger partial charge in [0, 0.05) is 33.6 Å². The average Bonchev–Trinajstić information content (AvgIpc) is 2.24. The molecule has 0 bridgehead atoms. The Kier molecular flexibility index (Phi) is 7.54. The van der Waals surface area contributed by atoms with Gasteiger partial charge in [-0.1, -0.05) is 6.92 Å². The van der Waals surface area contributed by atoms with E-state index in [2.05, 4.69) is 5.32 Å². The first-order valence-electron chi connectivity index (χ1n) is 5.65. The molecule has 5 heteroatoms. The van der Waals surface area contributed by atoms with Gasteiger partial charge >= 0.3 is 0 Å². The monoisotopic (exact) mass is 229 g/mol. The van der Waals surface area contributed by atoms with Crippen LogP contribution in [0.4, 0.5) is 0 Å². The highest BCUT2D eigenvalue weighted by Crippen LogP contribution is 1.97. The van der Waals surface area contributed by atoms with Crippen LogP contribution < -0.4 is 5.32 Å². The van der Waals surface area contributed by atoms with E-state index in [1.165, 1.54) is 4.90 Å². The number of rotatable bonds is 7. The topological polar surface area (TPSA) is 52.7 Å². The molecule has 0 fully saturated rings. The van der Waals surface area contributed by atoms with Crippen molar-refractivity contribution in [2.45, 2.75) is 19.8 Å². The Hall–Kier alpha value is -1.10. The van der Waals surface area contributed by atoms with E-state index in [-0.39, 0.29) is 18.4 Å². The molecule has 0 unspecified atom stereocenters. The Morgan fingerprint density at radius 2 is 1.81 bits per heavy atom. The highest BCUT2D eigenvalue weighted by atomic mass is 16.2. The van der Waals surface area contributed by atoms with Crippen molar-refractivity contribution in [2.75, 3.05) is 40.8 Å². The first-order valence-corrected chi connectivity index (χ1v) is 5.65. The van der Waals surface area contributed by atoms with Crippen LogP contribution in [0.5, 0.6) is 0 Å². The molecule has 2 amide bonds. The van der Waals surface area contributed by atoms with Crippen molar-refractivity contribution in [1.29, 1.82) is 0 Å². The standard InChI is InChI=1S/C11H23N3O2/c1-5-8-14(9-11(16)13(3)4)10(15)6-7-12-2/h12H,5-9H2,1-4H3. The van der Waals surface area contributed by atoms with E-state index >= 15 is 0 Å². The van der Waals surface area contributed by atoms with Crippen molar-refractivity contribution in [3.8, 4) is 0 Å². The zero-order valence-electron chi connectivity index (χ0n) is 10.7. The van der Waals surface area contributed by atoms with Gasteiger partial charge < -0.3 is 15.1 Å². The summed E-state index contributed by atoms with van der Waals surface area (Å²) in [6.45, 7) is 3.47. The highest BCUT2D eigenvalue weighted by Gasteiger charge is 2.16. The van der Waals surface area contributed by atoms with Gasteiger partial charge in [0.05, 0.1) is 6.54 Å². The minimum atomic E-state index is -0.0359. The van der Waals surface area contributed by atoms with E-state index in [9.17, 15) is 9.59 Å². The average molecular weight is 229 g/mol. The lowest BCUT2D eigenvalue weighted by atomic mass is 10.3. The van der Waals surface area contributed by atoms with E-state index in [0.29, 0.717) is 19.5 Å². The summed E-state index contributed by atoms with van der Waals surface area (Å²) in [4.78, 5) is 26.4. The number of nitrogens with zero attached hydrogens (tertiary/aromatic N) is 2. The van der Waals surface area contributed by atoms with E-state index in [1.807, 2.05) is 14.0 Å². The third kappa shape index (κ3) is 5.70. The summed E-state index contributed by atoms with van der Waals surface area (Å²) in [5, 5.41) is 2.93. The van der Waals surface area contributed by atoms with Crippen LogP contribution in [-0.2, 0) is 9.59 Å². The van der Waals surface area contributed by atoms with Gasteiger partial charge in [-0.25, -0.2) is 0 Å². The van der Waals surface area contributed by atoms with Gasteiger partial charge in [0.2, 0.25) is 11.8 Å². The van der Waals surface area contributed by atoms with Crippen molar-refractivity contribution in [3.05, 3.63) is 0 Å². The molecule has 0 aliphatic rings. The number of amides is 2. The van der Waals surface area contributed by atoms with Crippen LogP contribution in [0.3, 0.4) is 0 Å². The van der Waals surface area contributed by atoms with Gasteiger partial charge in [-0.05, 0) is 13.5 Å². The zero-order chi connectivity index (χ0) is 12.6. The molecular weight excluding hydrogens is 206 g/mol. The number of hydrogen-bond acceptors (Lipinski definition) is 3. The lowest BCUT2D eigenvalue weighted by Crippen LogP contribution is -2.41. The molecule has 0 rings (SSSR count). The molecule has 0 heterocycles. The highest BCUT2D eigenvalue weighted by molar-refractivity contribution is 5.84. The van der Waals surface area contributed by atoms with Crippen LogP contribution in [0.2, 0.25) is 0 Å². The lowest BCUT2D eigenvalue weighted by Gasteiger charge is -2.23. The molecule has 16 heavy (non-hydrogen) atoms. The Balaban J connectivity index is 4.25. The van der Waals surface area contributed by atoms with Crippen molar-refractivity contribution >= 4 is 11.8 Å². The first kappa shape index (κ1) is 14.9. The Morgan fingerprint density at radius 3 is 2.25 bits per heavy atom. The van der Waals surface area contributed by atoms with E-state index in [4.69, 9.17) is 0 Å². The molecule has 0 aromatic carbocycles. The third-order valence-corrected chi connectivity index (χ3v) is 2.26. The van der Waals surface area contributed by atoms with Crippen LogP contribution in [0.15, 0.2) is 0 Å². The van der Waals surface area contributed by atoms with Crippen LogP contribution >= 0.6 is 0 Å². The Labute approximate surface area is 97.8 Å². The number of nitrogens with one attached hydrogen (secondary N) is 1. The molecule has 0 saturated heterocycles. The van der Waals surface area contributed by atoms with Crippen molar-refractivity contribution in [2.24, 2.45) is 0 Å². The molecule has 0 aromatic rings. The van der Waals surface area contributed by atoms with Gasteiger partial charge in [0.25, 0.3) is 0 Å². The van der Waals surface area contributed by atoms with Crippen molar-refractivity contribution in [1.82, 2.24) is 15.1 Å². The fourth-order valence-electron chi connectivity index (χ4n) is 1.26. The second-order valence-corrected chi connectivity index (χ2v) is 3.96. The predicted molar refractivity (Wildman–Crippen MR) is 64.1 cm³/mol. The van der Waals surface area contributed by atoms with Crippen LogP contribution in [-0.4, -0.2) is 62.4 Å². The van der Waals surface area contributed by atoms with E-state index in [1.54, 1.807) is 19.0 Å². The Morgan fingerprint density at radius 1 is 1.19 bits per heavy atom. The molecule has 1 N–H and O–H groups in total. The molecule has 0 spiro atoms. The second-order valence-electron chi connectivity index (χ2n) is 3.96. The largest absolute Gasteiger partial charge is 0.347 e. The summed E-state index contributed by atoms with van der Waals surface area (Å²) in [5.74, 6) is -0.00217. The SMILES string of the molecule is CCCN(CC(=O)N(C)C)C(=O)CCNC. The summed E-state index contributed by atoms with van der Waals surface area (Å²) in [6.07, 6.45) is 1.31. The minimum Gasteiger partial charge on any atom is -0.347 e. The Bertz CT molecular complexity index is 229. The van der Waals surface area contributed by atoms with Crippen molar-refractivity contribution in [3.63, 3.8) is 0 Å². The van der Waals surface area contributed by atoms with Gasteiger partial charge in [0.1, 0.15) is 0 Å². The molecule has 0 saturated carbocycles. The fraction of sp³-hybridized carbons (Fsp3) is 0.818. The maximum atomic E-state index is 11.8.